The highest BCUT2D eigenvalue weighted by atomic mass is 16.3. The summed E-state index contributed by atoms with van der Waals surface area (Å²) in [5.41, 5.74) is 3.23. The van der Waals surface area contributed by atoms with Crippen molar-refractivity contribution in [3.8, 4) is 5.82 Å². The Kier molecular flexibility index (Phi) is 4.02. The van der Waals surface area contributed by atoms with E-state index in [1.807, 2.05) is 19.1 Å². The topological polar surface area (TPSA) is 94.5 Å². The van der Waals surface area contributed by atoms with E-state index in [-0.39, 0.29) is 0 Å². The molecule has 6 rings (SSSR count). The molecule has 0 aliphatic heterocycles. The largest absolute Gasteiger partial charge is 0.385 e. The molecule has 2 aliphatic carbocycles. The summed E-state index contributed by atoms with van der Waals surface area (Å²) >= 11 is 0. The van der Waals surface area contributed by atoms with E-state index in [1.54, 1.807) is 11.6 Å². The van der Waals surface area contributed by atoms with Gasteiger partial charge in [0.2, 0.25) is 0 Å². The summed E-state index contributed by atoms with van der Waals surface area (Å²) in [6.45, 7) is 3.53. The molecule has 8 heteroatoms. The molecule has 158 valence electrons. The SMILES string of the molecule is Cc1nc([C@H](C)O)n(-c2cc([C@@H]3C[C@H]3c3nc4ccccc4n3C)nc(C3CC3)n2)n1. The molecule has 8 nitrogen and oxygen atoms in total. The zero-order chi connectivity index (χ0) is 21.3. The van der Waals surface area contributed by atoms with Crippen molar-refractivity contribution in [1.82, 2.24) is 34.3 Å². The summed E-state index contributed by atoms with van der Waals surface area (Å²) in [7, 11) is 2.09. The van der Waals surface area contributed by atoms with Gasteiger partial charge in [0, 0.05) is 30.9 Å². The van der Waals surface area contributed by atoms with Crippen molar-refractivity contribution >= 4 is 11.0 Å². The minimum atomic E-state index is -0.724. The van der Waals surface area contributed by atoms with Crippen LogP contribution in [0.25, 0.3) is 16.9 Å². The van der Waals surface area contributed by atoms with Gasteiger partial charge in [-0.1, -0.05) is 12.1 Å². The fourth-order valence-electron chi connectivity index (χ4n) is 4.47. The number of nitrogens with zero attached hydrogens (tertiary/aromatic N) is 7. The smallest absolute Gasteiger partial charge is 0.162 e. The Morgan fingerprint density at radius 3 is 2.61 bits per heavy atom. The maximum absolute atomic E-state index is 10.2. The molecule has 0 bridgehead atoms. The van der Waals surface area contributed by atoms with Gasteiger partial charge in [0.05, 0.1) is 16.7 Å². The average molecular weight is 416 g/mol. The third-order valence-electron chi connectivity index (χ3n) is 6.34. The van der Waals surface area contributed by atoms with Crippen LogP contribution in [0.15, 0.2) is 30.3 Å². The first-order valence-electron chi connectivity index (χ1n) is 10.9. The monoisotopic (exact) mass is 415 g/mol. The van der Waals surface area contributed by atoms with E-state index in [0.717, 1.165) is 47.6 Å². The Morgan fingerprint density at radius 2 is 1.87 bits per heavy atom. The molecular formula is C23H25N7O. The summed E-state index contributed by atoms with van der Waals surface area (Å²) in [4.78, 5) is 19.0. The lowest BCUT2D eigenvalue weighted by Crippen LogP contribution is -2.11. The number of aryl methyl sites for hydroxylation is 2. The summed E-state index contributed by atoms with van der Waals surface area (Å²) in [5, 5.41) is 14.7. The van der Waals surface area contributed by atoms with Crippen LogP contribution in [0.4, 0.5) is 0 Å². The van der Waals surface area contributed by atoms with Crippen molar-refractivity contribution in [1.29, 1.82) is 0 Å². The van der Waals surface area contributed by atoms with E-state index in [1.165, 1.54) is 0 Å². The van der Waals surface area contributed by atoms with Gasteiger partial charge in [-0.25, -0.2) is 19.9 Å². The van der Waals surface area contributed by atoms with Crippen molar-refractivity contribution in [3.05, 3.63) is 59.3 Å². The molecule has 31 heavy (non-hydrogen) atoms. The van der Waals surface area contributed by atoms with Gasteiger partial charge in [-0.3, -0.25) is 0 Å². The van der Waals surface area contributed by atoms with Crippen LogP contribution in [-0.2, 0) is 7.05 Å². The van der Waals surface area contributed by atoms with E-state index in [0.29, 0.717) is 35.2 Å². The lowest BCUT2D eigenvalue weighted by molar-refractivity contribution is 0.186. The zero-order valence-corrected chi connectivity index (χ0v) is 17.9. The van der Waals surface area contributed by atoms with Gasteiger partial charge in [0.25, 0.3) is 0 Å². The van der Waals surface area contributed by atoms with Crippen LogP contribution in [0.3, 0.4) is 0 Å². The van der Waals surface area contributed by atoms with Crippen molar-refractivity contribution in [2.24, 2.45) is 7.05 Å². The molecule has 1 aromatic carbocycles. The standard InChI is InChI=1S/C23H25N7O/c1-12(31)22-24-13(2)28-30(22)20-11-18(25-21(27-20)14-8-9-14)15-10-16(15)23-26-17-6-4-5-7-19(17)29(23)3/h4-7,11-12,14-16,31H,8-10H2,1-3H3/t12-,15+,16+/m0/s1. The fraction of sp³-hybridized carbons (Fsp3) is 0.435. The normalized spacial score (nSPS) is 21.5. The van der Waals surface area contributed by atoms with Crippen LogP contribution in [0.1, 0.15) is 79.0 Å². The highest BCUT2D eigenvalue weighted by molar-refractivity contribution is 5.76. The van der Waals surface area contributed by atoms with E-state index in [9.17, 15) is 5.11 Å². The second-order valence-corrected chi connectivity index (χ2v) is 8.85. The second kappa shape index (κ2) is 6.68. The summed E-state index contributed by atoms with van der Waals surface area (Å²) in [6, 6.07) is 10.3. The maximum Gasteiger partial charge on any atom is 0.162 e. The molecule has 0 amide bonds. The lowest BCUT2D eigenvalue weighted by atomic mass is 10.2. The average Bonchev–Trinajstić information content (AvgIpc) is 3.68. The number of aliphatic hydroxyl groups excluding tert-OH is 1. The maximum atomic E-state index is 10.2. The third-order valence-corrected chi connectivity index (χ3v) is 6.34. The lowest BCUT2D eigenvalue weighted by Gasteiger charge is -2.11. The van der Waals surface area contributed by atoms with Crippen LogP contribution in [0.5, 0.6) is 0 Å². The van der Waals surface area contributed by atoms with Crippen LogP contribution < -0.4 is 0 Å². The molecule has 2 aliphatic rings. The van der Waals surface area contributed by atoms with E-state index >= 15 is 0 Å². The first-order valence-corrected chi connectivity index (χ1v) is 10.9. The number of aliphatic hydroxyl groups is 1. The molecule has 0 saturated heterocycles. The number of imidazole rings is 1. The minimum Gasteiger partial charge on any atom is -0.385 e. The number of para-hydroxylation sites is 2. The third kappa shape index (κ3) is 3.13. The Hall–Kier alpha value is -3.13. The number of benzene rings is 1. The van der Waals surface area contributed by atoms with Gasteiger partial charge >= 0.3 is 0 Å². The molecule has 1 N–H and O–H groups in total. The first kappa shape index (κ1) is 18.6. The molecular weight excluding hydrogens is 390 g/mol. The Morgan fingerprint density at radius 1 is 1.06 bits per heavy atom. The Labute approximate surface area is 180 Å². The van der Waals surface area contributed by atoms with Crippen molar-refractivity contribution in [2.45, 2.75) is 57.0 Å². The van der Waals surface area contributed by atoms with E-state index < -0.39 is 6.10 Å². The molecule has 0 unspecified atom stereocenters. The minimum absolute atomic E-state index is 0.314. The van der Waals surface area contributed by atoms with Gasteiger partial charge in [0.1, 0.15) is 23.6 Å². The van der Waals surface area contributed by atoms with Gasteiger partial charge in [-0.2, -0.15) is 4.68 Å². The number of rotatable bonds is 5. The van der Waals surface area contributed by atoms with Gasteiger partial charge in [-0.05, 0) is 45.2 Å². The highest BCUT2D eigenvalue weighted by Gasteiger charge is 2.44. The number of fused-ring (bicyclic) bond motifs is 1. The summed E-state index contributed by atoms with van der Waals surface area (Å²) in [5.74, 6) is 4.90. The zero-order valence-electron chi connectivity index (χ0n) is 17.9. The summed E-state index contributed by atoms with van der Waals surface area (Å²) in [6.07, 6.45) is 2.55. The molecule has 2 saturated carbocycles. The fourth-order valence-corrected chi connectivity index (χ4v) is 4.47. The van der Waals surface area contributed by atoms with Crippen LogP contribution in [0, 0.1) is 6.92 Å². The number of aromatic nitrogens is 7. The van der Waals surface area contributed by atoms with Crippen molar-refractivity contribution in [2.75, 3.05) is 0 Å². The van der Waals surface area contributed by atoms with Crippen LogP contribution >= 0.6 is 0 Å². The molecule has 3 heterocycles. The molecule has 2 fully saturated rings. The molecule has 3 aromatic heterocycles. The summed E-state index contributed by atoms with van der Waals surface area (Å²) < 4.78 is 3.87. The molecule has 0 spiro atoms. The first-order chi connectivity index (χ1) is 15.0. The van der Waals surface area contributed by atoms with E-state index in [4.69, 9.17) is 15.0 Å². The quantitative estimate of drug-likeness (QED) is 0.536. The van der Waals surface area contributed by atoms with Crippen LogP contribution in [0.2, 0.25) is 0 Å². The molecule has 3 atom stereocenters. The predicted octanol–water partition coefficient (Wildman–Crippen LogP) is 3.45. The van der Waals surface area contributed by atoms with Crippen molar-refractivity contribution in [3.63, 3.8) is 0 Å². The van der Waals surface area contributed by atoms with E-state index in [2.05, 4.69) is 39.9 Å². The van der Waals surface area contributed by atoms with Crippen molar-refractivity contribution < 1.29 is 5.11 Å². The second-order valence-electron chi connectivity index (χ2n) is 8.85. The highest BCUT2D eigenvalue weighted by Crippen LogP contribution is 2.54. The number of hydrogen-bond acceptors (Lipinski definition) is 6. The predicted molar refractivity (Wildman–Crippen MR) is 115 cm³/mol. The van der Waals surface area contributed by atoms with Gasteiger partial charge in [-0.15, -0.1) is 5.10 Å². The molecule has 0 radical (unpaired) electrons. The van der Waals surface area contributed by atoms with Gasteiger partial charge < -0.3 is 9.67 Å². The Balaban J connectivity index is 1.40. The van der Waals surface area contributed by atoms with Gasteiger partial charge in [0.15, 0.2) is 11.6 Å². The van der Waals surface area contributed by atoms with Crippen LogP contribution in [-0.4, -0.2) is 39.4 Å². The number of hydrogen-bond donors (Lipinski definition) is 1. The molecule has 4 aromatic rings. The Bertz CT molecular complexity index is 1300.